The van der Waals surface area contributed by atoms with Gasteiger partial charge in [-0.3, -0.25) is 0 Å². The summed E-state index contributed by atoms with van der Waals surface area (Å²) in [7, 11) is -4.08. The second-order valence-electron chi connectivity index (χ2n) is 7.59. The number of hydrogen-bond acceptors (Lipinski definition) is 10. The second kappa shape index (κ2) is 9.66. The summed E-state index contributed by atoms with van der Waals surface area (Å²) in [6.45, 7) is 4.34. The van der Waals surface area contributed by atoms with Crippen molar-refractivity contribution in [3.8, 4) is 11.3 Å². The zero-order chi connectivity index (χ0) is 23.4. The first-order valence-corrected chi connectivity index (χ1v) is 11.9. The molecule has 1 unspecified atom stereocenters. The molecule has 1 aromatic carbocycles. The van der Waals surface area contributed by atoms with Crippen molar-refractivity contribution in [2.75, 3.05) is 13.2 Å². The van der Waals surface area contributed by atoms with Crippen molar-refractivity contribution in [3.63, 3.8) is 0 Å². The molecule has 0 saturated heterocycles. The van der Waals surface area contributed by atoms with E-state index in [9.17, 15) is 8.42 Å². The van der Waals surface area contributed by atoms with Gasteiger partial charge in [-0.25, -0.2) is 4.98 Å². The van der Waals surface area contributed by atoms with Crippen LogP contribution in [0, 0.1) is 11.3 Å². The molecule has 1 aliphatic rings. The summed E-state index contributed by atoms with van der Waals surface area (Å²) in [5.41, 5.74) is 12.1. The van der Waals surface area contributed by atoms with Gasteiger partial charge in [0.2, 0.25) is 0 Å². The Morgan fingerprint density at radius 3 is 2.62 bits per heavy atom. The van der Waals surface area contributed by atoms with Crippen LogP contribution in [-0.2, 0) is 26.9 Å². The third-order valence-electron chi connectivity index (χ3n) is 4.41. The van der Waals surface area contributed by atoms with E-state index in [1.807, 2.05) is 44.2 Å². The molecule has 0 radical (unpaired) electrons. The number of rotatable bonds is 9. The number of nitrogens with two attached hydrogens (primary N) is 2. The maximum absolute atomic E-state index is 11.9. The molecule has 0 aliphatic carbocycles. The van der Waals surface area contributed by atoms with Crippen LogP contribution in [0.3, 0.4) is 0 Å². The van der Waals surface area contributed by atoms with E-state index >= 15 is 0 Å². The molecule has 1 aliphatic heterocycles. The van der Waals surface area contributed by atoms with Crippen LogP contribution in [0.2, 0.25) is 0 Å². The quantitative estimate of drug-likeness (QED) is 0.484. The van der Waals surface area contributed by atoms with Crippen LogP contribution in [0.25, 0.3) is 0 Å². The predicted molar refractivity (Wildman–Crippen MR) is 121 cm³/mol. The Bertz CT molecular complexity index is 1160. The molecule has 32 heavy (non-hydrogen) atoms. The number of amidine groups is 1. The van der Waals surface area contributed by atoms with Crippen molar-refractivity contribution in [2.24, 2.45) is 15.9 Å². The minimum atomic E-state index is -4.08. The fraction of sp³-hybridized carbons (Fsp3) is 0.350. The Hall–Kier alpha value is -2.98. The largest absolute Gasteiger partial charge is 0.467 e. The summed E-state index contributed by atoms with van der Waals surface area (Å²) < 4.78 is 39.1. The van der Waals surface area contributed by atoms with Crippen LogP contribution in [-0.4, -0.2) is 38.5 Å². The first-order chi connectivity index (χ1) is 15.1. The number of ether oxygens (including phenoxy) is 2. The van der Waals surface area contributed by atoms with Crippen LogP contribution in [0.5, 0.6) is 5.19 Å². The second-order valence-corrected chi connectivity index (χ2v) is 10.1. The van der Waals surface area contributed by atoms with Gasteiger partial charge in [0.25, 0.3) is 15.2 Å². The van der Waals surface area contributed by atoms with Gasteiger partial charge in [-0.2, -0.15) is 13.7 Å². The third kappa shape index (κ3) is 5.83. The SMILES string of the molecule is CC(C)(N)c1cnc(OCC(CNC2=NS(=O)(=O)C(C#N)=C2N)OCc2ccccc2)s1. The molecule has 0 spiro atoms. The highest BCUT2D eigenvalue weighted by Crippen LogP contribution is 2.28. The lowest BCUT2D eigenvalue weighted by Gasteiger charge is -2.19. The van der Waals surface area contributed by atoms with Crippen molar-refractivity contribution >= 4 is 27.2 Å². The predicted octanol–water partition coefficient (Wildman–Crippen LogP) is 1.33. The number of benzene rings is 1. The highest BCUT2D eigenvalue weighted by Gasteiger charge is 2.31. The normalized spacial score (nSPS) is 16.4. The number of aromatic nitrogens is 1. The maximum Gasteiger partial charge on any atom is 0.296 e. The summed E-state index contributed by atoms with van der Waals surface area (Å²) >= 11 is 1.34. The van der Waals surface area contributed by atoms with Crippen LogP contribution in [0.4, 0.5) is 0 Å². The van der Waals surface area contributed by atoms with Crippen molar-refractivity contribution in [3.05, 3.63) is 57.6 Å². The number of nitriles is 1. The Labute approximate surface area is 190 Å². The maximum atomic E-state index is 11.9. The zero-order valence-electron chi connectivity index (χ0n) is 17.6. The zero-order valence-corrected chi connectivity index (χ0v) is 19.2. The molecule has 1 atom stereocenters. The Morgan fingerprint density at radius 2 is 2.03 bits per heavy atom. The first-order valence-electron chi connectivity index (χ1n) is 9.62. The molecule has 3 rings (SSSR count). The number of allylic oxidation sites excluding steroid dienone is 1. The smallest absolute Gasteiger partial charge is 0.296 e. The monoisotopic (exact) mass is 476 g/mol. The van der Waals surface area contributed by atoms with E-state index in [-0.39, 0.29) is 24.7 Å². The Morgan fingerprint density at radius 1 is 1.31 bits per heavy atom. The number of thiazole rings is 1. The van der Waals surface area contributed by atoms with E-state index in [2.05, 4.69) is 14.7 Å². The molecule has 0 saturated carbocycles. The van der Waals surface area contributed by atoms with Crippen LogP contribution >= 0.6 is 11.3 Å². The summed E-state index contributed by atoms with van der Waals surface area (Å²) in [5, 5.41) is 12.3. The van der Waals surface area contributed by atoms with E-state index in [1.54, 1.807) is 12.3 Å². The number of nitrogens with one attached hydrogen (secondary N) is 1. The van der Waals surface area contributed by atoms with Gasteiger partial charge >= 0.3 is 0 Å². The van der Waals surface area contributed by atoms with Crippen molar-refractivity contribution < 1.29 is 17.9 Å². The number of sulfonamides is 1. The highest BCUT2D eigenvalue weighted by atomic mass is 32.2. The molecule has 5 N–H and O–H groups in total. The summed E-state index contributed by atoms with van der Waals surface area (Å²) in [6, 6.07) is 11.1. The number of nitrogens with zero attached hydrogens (tertiary/aromatic N) is 3. The molecule has 1 aromatic heterocycles. The van der Waals surface area contributed by atoms with Crippen molar-refractivity contribution in [2.45, 2.75) is 32.1 Å². The van der Waals surface area contributed by atoms with E-state index in [0.717, 1.165) is 10.4 Å². The minimum Gasteiger partial charge on any atom is -0.467 e. The van der Waals surface area contributed by atoms with Gasteiger partial charge in [0.05, 0.1) is 6.61 Å². The average molecular weight is 477 g/mol. The van der Waals surface area contributed by atoms with Gasteiger partial charge < -0.3 is 26.3 Å². The molecular weight excluding hydrogens is 452 g/mol. The molecule has 10 nitrogen and oxygen atoms in total. The van der Waals surface area contributed by atoms with Gasteiger partial charge in [-0.15, -0.1) is 4.40 Å². The van der Waals surface area contributed by atoms with Gasteiger partial charge in [0.1, 0.15) is 24.5 Å². The van der Waals surface area contributed by atoms with Gasteiger partial charge in [-0.05, 0) is 19.4 Å². The van der Waals surface area contributed by atoms with Gasteiger partial charge in [0.15, 0.2) is 10.7 Å². The molecule has 2 aromatic rings. The van der Waals surface area contributed by atoms with Crippen molar-refractivity contribution in [1.29, 1.82) is 5.26 Å². The third-order valence-corrected chi connectivity index (χ3v) is 6.91. The molecule has 170 valence electrons. The fourth-order valence-electron chi connectivity index (χ4n) is 2.66. The number of hydrogen-bond donors (Lipinski definition) is 3. The molecule has 0 amide bonds. The van der Waals surface area contributed by atoms with Crippen LogP contribution in [0.1, 0.15) is 24.3 Å². The topological polar surface area (TPSA) is 166 Å². The minimum absolute atomic E-state index is 0.0868. The Balaban J connectivity index is 1.67. The van der Waals surface area contributed by atoms with Gasteiger partial charge in [0, 0.05) is 23.2 Å². The summed E-state index contributed by atoms with van der Waals surface area (Å²) in [5.74, 6) is -0.0868. The lowest BCUT2D eigenvalue weighted by Crippen LogP contribution is -2.38. The Kier molecular flexibility index (Phi) is 7.15. The van der Waals surface area contributed by atoms with E-state index < -0.39 is 26.6 Å². The first kappa shape index (κ1) is 23.7. The highest BCUT2D eigenvalue weighted by molar-refractivity contribution is 7.94. The summed E-state index contributed by atoms with van der Waals surface area (Å²) in [4.78, 5) is 4.54. The molecule has 0 fully saturated rings. The summed E-state index contributed by atoms with van der Waals surface area (Å²) in [6.07, 6.45) is 1.17. The fourth-order valence-corrected chi connectivity index (χ4v) is 4.43. The lowest BCUT2D eigenvalue weighted by molar-refractivity contribution is 0.0127. The molecule has 12 heteroatoms. The van der Waals surface area contributed by atoms with Crippen molar-refractivity contribution in [1.82, 2.24) is 10.3 Å². The van der Waals surface area contributed by atoms with Gasteiger partial charge in [-0.1, -0.05) is 41.7 Å². The van der Waals surface area contributed by atoms with Crippen LogP contribution in [0.15, 0.2) is 51.5 Å². The molecule has 2 heterocycles. The average Bonchev–Trinajstić information content (AvgIpc) is 3.30. The molecular formula is C20H24N6O4S2. The lowest BCUT2D eigenvalue weighted by atomic mass is 10.1. The van der Waals surface area contributed by atoms with Crippen LogP contribution < -0.4 is 21.5 Å². The standard InChI is InChI=1S/C20H24N6O4S2/c1-20(2,23)16-10-25-19(31-16)30-12-14(29-11-13-6-4-3-5-7-13)9-24-18-17(22)15(8-21)32(27,28)26-18/h3-7,10,14H,9,11-12,22-23H2,1-2H3,(H,24,26). The van der Waals surface area contributed by atoms with E-state index in [4.69, 9.17) is 26.2 Å². The molecule has 0 bridgehead atoms. The van der Waals surface area contributed by atoms with E-state index in [0.29, 0.717) is 11.8 Å². The van der Waals surface area contributed by atoms with E-state index in [1.165, 1.54) is 11.3 Å².